The van der Waals surface area contributed by atoms with Gasteiger partial charge in [0, 0.05) is 18.8 Å². The highest BCUT2D eigenvalue weighted by molar-refractivity contribution is 5.80. The van der Waals surface area contributed by atoms with E-state index < -0.39 is 0 Å². The highest BCUT2D eigenvalue weighted by atomic mass is 15.0. The molecule has 1 unspecified atom stereocenters. The molecule has 1 aromatic rings. The molecule has 3 N–H and O–H groups in total. The normalized spacial score (nSPS) is 14.7. The van der Waals surface area contributed by atoms with E-state index in [1.807, 2.05) is 13.8 Å². The molecule has 4 heteroatoms. The number of aromatic nitrogens is 2. The average Bonchev–Trinajstić information content (AvgIpc) is 2.56. The van der Waals surface area contributed by atoms with Gasteiger partial charge in [0.25, 0.3) is 0 Å². The van der Waals surface area contributed by atoms with Crippen LogP contribution in [-0.4, -0.2) is 15.8 Å². The number of nitrogens with one attached hydrogen (secondary N) is 1. The number of nitrogens with two attached hydrogens (primary N) is 1. The van der Waals surface area contributed by atoms with Crippen molar-refractivity contribution in [3.63, 3.8) is 0 Å². The van der Waals surface area contributed by atoms with Crippen molar-refractivity contribution in [2.45, 2.75) is 26.3 Å². The van der Waals surface area contributed by atoms with Crippen molar-refractivity contribution in [1.82, 2.24) is 9.97 Å². The van der Waals surface area contributed by atoms with Crippen molar-refractivity contribution in [3.8, 4) is 0 Å². The maximum absolute atomic E-state index is 5.59. The number of hydrogen-bond acceptors (Lipinski definition) is 2. The third-order valence-corrected chi connectivity index (χ3v) is 1.64. The Morgan fingerprint density at radius 2 is 2.58 bits per heavy atom. The third kappa shape index (κ3) is 2.08. The summed E-state index contributed by atoms with van der Waals surface area (Å²) in [5.74, 6) is 1.52. The minimum atomic E-state index is 0.0277. The van der Waals surface area contributed by atoms with Gasteiger partial charge < -0.3 is 10.7 Å². The summed E-state index contributed by atoms with van der Waals surface area (Å²) >= 11 is 0. The van der Waals surface area contributed by atoms with Crippen LogP contribution in [0.2, 0.25) is 0 Å². The van der Waals surface area contributed by atoms with Crippen molar-refractivity contribution >= 4 is 5.84 Å². The van der Waals surface area contributed by atoms with Gasteiger partial charge in [-0.15, -0.1) is 0 Å². The largest absolute Gasteiger partial charge is 0.387 e. The maximum Gasteiger partial charge on any atom is 0.130 e. The molecular formula is C8H14N4. The number of imidazole rings is 1. The molecule has 1 atom stereocenters. The van der Waals surface area contributed by atoms with E-state index in [1.165, 1.54) is 0 Å². The Hall–Kier alpha value is -1.32. The second-order valence-corrected chi connectivity index (χ2v) is 2.62. The van der Waals surface area contributed by atoms with E-state index in [9.17, 15) is 0 Å². The van der Waals surface area contributed by atoms with Crippen LogP contribution in [0, 0.1) is 0 Å². The zero-order valence-corrected chi connectivity index (χ0v) is 7.41. The van der Waals surface area contributed by atoms with Crippen LogP contribution in [0.4, 0.5) is 0 Å². The number of rotatable bonds is 3. The van der Waals surface area contributed by atoms with E-state index in [0.717, 1.165) is 12.2 Å². The Bertz CT molecular complexity index is 250. The van der Waals surface area contributed by atoms with Crippen LogP contribution in [0.25, 0.3) is 0 Å². The molecule has 0 aromatic carbocycles. The number of aliphatic imine (C=N–C) groups is 1. The van der Waals surface area contributed by atoms with Crippen molar-refractivity contribution in [2.75, 3.05) is 0 Å². The third-order valence-electron chi connectivity index (χ3n) is 1.64. The molecule has 66 valence electrons. The van der Waals surface area contributed by atoms with Gasteiger partial charge in [-0.2, -0.15) is 0 Å². The molecular weight excluding hydrogens is 152 g/mol. The Kier molecular flexibility index (Phi) is 2.85. The quantitative estimate of drug-likeness (QED) is 0.524. The predicted octanol–water partition coefficient (Wildman–Crippen LogP) is 1.24. The summed E-state index contributed by atoms with van der Waals surface area (Å²) in [5.41, 5.74) is 5.59. The molecule has 0 amide bonds. The Balaban J connectivity index is 2.66. The first-order valence-corrected chi connectivity index (χ1v) is 4.05. The second kappa shape index (κ2) is 3.90. The van der Waals surface area contributed by atoms with E-state index in [-0.39, 0.29) is 6.04 Å². The van der Waals surface area contributed by atoms with Gasteiger partial charge in [0.1, 0.15) is 11.9 Å². The van der Waals surface area contributed by atoms with Crippen LogP contribution in [-0.2, 0) is 0 Å². The molecule has 0 bridgehead atoms. The van der Waals surface area contributed by atoms with Gasteiger partial charge in [0.15, 0.2) is 0 Å². The summed E-state index contributed by atoms with van der Waals surface area (Å²) in [5, 5.41) is 0. The first-order valence-electron chi connectivity index (χ1n) is 4.05. The first-order chi connectivity index (χ1) is 5.74. The number of aromatic amines is 1. The summed E-state index contributed by atoms with van der Waals surface area (Å²) in [7, 11) is 0. The summed E-state index contributed by atoms with van der Waals surface area (Å²) in [6, 6.07) is 0.0277. The van der Waals surface area contributed by atoms with Gasteiger partial charge in [-0.1, -0.05) is 6.92 Å². The van der Waals surface area contributed by atoms with Crippen LogP contribution in [0.3, 0.4) is 0 Å². The second-order valence-electron chi connectivity index (χ2n) is 2.62. The number of H-pyrrole nitrogens is 1. The van der Waals surface area contributed by atoms with Crippen LogP contribution in [0.15, 0.2) is 17.4 Å². The molecule has 0 saturated heterocycles. The van der Waals surface area contributed by atoms with E-state index in [0.29, 0.717) is 5.84 Å². The van der Waals surface area contributed by atoms with Gasteiger partial charge in [-0.3, -0.25) is 4.99 Å². The predicted molar refractivity (Wildman–Crippen MR) is 48.9 cm³/mol. The fourth-order valence-electron chi connectivity index (χ4n) is 0.907. The number of nitrogens with zero attached hydrogens (tertiary/aromatic N) is 2. The molecule has 0 saturated carbocycles. The first kappa shape index (κ1) is 8.77. The fraction of sp³-hybridized carbons (Fsp3) is 0.500. The van der Waals surface area contributed by atoms with Crippen LogP contribution >= 0.6 is 0 Å². The van der Waals surface area contributed by atoms with Gasteiger partial charge >= 0.3 is 0 Å². The van der Waals surface area contributed by atoms with Crippen LogP contribution in [0.5, 0.6) is 0 Å². The molecule has 12 heavy (non-hydrogen) atoms. The Morgan fingerprint density at radius 1 is 1.83 bits per heavy atom. The van der Waals surface area contributed by atoms with Gasteiger partial charge in [0.05, 0.1) is 5.84 Å². The lowest BCUT2D eigenvalue weighted by atomic mass is 10.3. The minimum absolute atomic E-state index is 0.0277. The van der Waals surface area contributed by atoms with E-state index in [1.54, 1.807) is 12.4 Å². The molecule has 4 nitrogen and oxygen atoms in total. The van der Waals surface area contributed by atoms with Crippen molar-refractivity contribution < 1.29 is 0 Å². The van der Waals surface area contributed by atoms with Gasteiger partial charge in [0.2, 0.25) is 0 Å². The van der Waals surface area contributed by atoms with Gasteiger partial charge in [-0.05, 0) is 6.92 Å². The lowest BCUT2D eigenvalue weighted by Gasteiger charge is -2.03. The average molecular weight is 166 g/mol. The molecule has 0 aliphatic heterocycles. The van der Waals surface area contributed by atoms with Crippen molar-refractivity contribution in [1.29, 1.82) is 0 Å². The lowest BCUT2D eigenvalue weighted by molar-refractivity contribution is 0.753. The molecule has 1 rings (SSSR count). The standard InChI is InChI=1S/C8H14N4/c1-3-7(9)12-6(2)8-10-4-5-11-8/h4-6H,3H2,1-2H3,(H2,9,12)(H,10,11). The zero-order chi connectivity index (χ0) is 8.97. The molecule has 0 radical (unpaired) electrons. The zero-order valence-electron chi connectivity index (χ0n) is 7.41. The summed E-state index contributed by atoms with van der Waals surface area (Å²) in [6.07, 6.45) is 4.28. The van der Waals surface area contributed by atoms with Gasteiger partial charge in [-0.25, -0.2) is 4.98 Å². The summed E-state index contributed by atoms with van der Waals surface area (Å²) in [6.45, 7) is 3.94. The van der Waals surface area contributed by atoms with Crippen LogP contribution < -0.4 is 5.73 Å². The Morgan fingerprint density at radius 3 is 3.08 bits per heavy atom. The maximum atomic E-state index is 5.59. The monoisotopic (exact) mass is 166 g/mol. The molecule has 0 aliphatic rings. The Labute approximate surface area is 71.9 Å². The topological polar surface area (TPSA) is 67.1 Å². The highest BCUT2D eigenvalue weighted by Crippen LogP contribution is 2.10. The van der Waals surface area contributed by atoms with Crippen LogP contribution in [0.1, 0.15) is 32.1 Å². The van der Waals surface area contributed by atoms with Crippen molar-refractivity contribution in [3.05, 3.63) is 18.2 Å². The SMILES string of the molecule is CCC(N)=NC(C)c1ncc[nH]1. The molecule has 0 spiro atoms. The van der Waals surface area contributed by atoms with E-state index in [2.05, 4.69) is 15.0 Å². The molecule has 1 heterocycles. The summed E-state index contributed by atoms with van der Waals surface area (Å²) in [4.78, 5) is 11.3. The molecule has 0 fully saturated rings. The fourth-order valence-corrected chi connectivity index (χ4v) is 0.907. The lowest BCUT2D eigenvalue weighted by Crippen LogP contribution is -2.11. The number of hydrogen-bond donors (Lipinski definition) is 2. The minimum Gasteiger partial charge on any atom is -0.387 e. The highest BCUT2D eigenvalue weighted by Gasteiger charge is 2.04. The van der Waals surface area contributed by atoms with E-state index in [4.69, 9.17) is 5.73 Å². The van der Waals surface area contributed by atoms with E-state index >= 15 is 0 Å². The number of amidine groups is 1. The van der Waals surface area contributed by atoms with Crippen molar-refractivity contribution in [2.24, 2.45) is 10.7 Å². The molecule has 0 aliphatic carbocycles. The molecule has 1 aromatic heterocycles. The summed E-state index contributed by atoms with van der Waals surface area (Å²) < 4.78 is 0. The smallest absolute Gasteiger partial charge is 0.130 e.